The number of alkyl halides is 2. The van der Waals surface area contributed by atoms with Crippen molar-refractivity contribution in [1.82, 2.24) is 15.1 Å². The highest BCUT2D eigenvalue weighted by atomic mass is 32.1. The summed E-state index contributed by atoms with van der Waals surface area (Å²) in [4.78, 5) is 63.6. The lowest BCUT2D eigenvalue weighted by atomic mass is 9.84. The summed E-state index contributed by atoms with van der Waals surface area (Å²) in [6.45, 7) is 7.10. The molecule has 0 saturated carbocycles. The average Bonchev–Trinajstić information content (AvgIpc) is 3.46. The summed E-state index contributed by atoms with van der Waals surface area (Å²) in [5, 5.41) is 3.07. The van der Waals surface area contributed by atoms with Gasteiger partial charge in [-0.3, -0.25) is 18.9 Å². The van der Waals surface area contributed by atoms with E-state index in [0.29, 0.717) is 30.8 Å². The zero-order valence-corrected chi connectivity index (χ0v) is 27.8. The summed E-state index contributed by atoms with van der Waals surface area (Å²) in [5.41, 5.74) is -4.77. The predicted octanol–water partition coefficient (Wildman–Crippen LogP) is 6.06. The van der Waals surface area contributed by atoms with Crippen molar-refractivity contribution in [2.45, 2.75) is 76.5 Å². The standard InChI is InChI=1S/C33H40F2N3O6PS/c1-32(2,3)28(36-29(39)27-19-23-18-24(14-15-26(23)46-27)33(34,35)45(42,43)44)31(41)38-17-8-7-13-25(38)30(40)37-16-9-12-22(20-37)21-10-5-4-6-11-21/h4-6,10-11,14-15,18-19,22,25,28H,7-9,12-13,16-17,20H2,1-3H3,(H,36,39)(H2,42,43,44)/t22-,25-,28+/m0/s1. The van der Waals surface area contributed by atoms with Crippen molar-refractivity contribution in [3.8, 4) is 0 Å². The highest BCUT2D eigenvalue weighted by Gasteiger charge is 2.50. The Kier molecular flexibility index (Phi) is 9.76. The Balaban J connectivity index is 1.34. The van der Waals surface area contributed by atoms with E-state index >= 15 is 0 Å². The first-order valence-electron chi connectivity index (χ1n) is 15.5. The number of amides is 3. The van der Waals surface area contributed by atoms with E-state index in [1.807, 2.05) is 43.9 Å². The molecule has 2 aromatic carbocycles. The third kappa shape index (κ3) is 7.05. The SMILES string of the molecule is CC(C)(C)[C@H](NC(=O)c1cc2cc(C(F)(F)P(=O)(O)O)ccc2s1)C(=O)N1CCCC[C@H]1C(=O)N1CCC[C@H](c2ccccc2)C1. The van der Waals surface area contributed by atoms with E-state index in [2.05, 4.69) is 17.4 Å². The van der Waals surface area contributed by atoms with Crippen LogP contribution in [0, 0.1) is 5.41 Å². The third-order valence-corrected chi connectivity index (χ3v) is 11.0. The van der Waals surface area contributed by atoms with E-state index < -0.39 is 42.2 Å². The van der Waals surface area contributed by atoms with Gasteiger partial charge < -0.3 is 24.9 Å². The first kappa shape index (κ1) is 34.2. The second-order valence-corrected chi connectivity index (χ2v) is 16.0. The summed E-state index contributed by atoms with van der Waals surface area (Å²) in [7, 11) is -5.76. The van der Waals surface area contributed by atoms with Crippen LogP contribution in [0.1, 0.15) is 79.6 Å². The van der Waals surface area contributed by atoms with Crippen LogP contribution < -0.4 is 5.32 Å². The zero-order chi connectivity index (χ0) is 33.4. The number of piperidine rings is 2. The lowest BCUT2D eigenvalue weighted by Crippen LogP contribution is -2.61. The van der Waals surface area contributed by atoms with Crippen LogP contribution in [-0.4, -0.2) is 69.0 Å². The van der Waals surface area contributed by atoms with E-state index in [0.717, 1.165) is 49.2 Å². The molecule has 0 radical (unpaired) electrons. The molecule has 2 saturated heterocycles. The summed E-state index contributed by atoms with van der Waals surface area (Å²) in [6, 6.07) is 13.1. The molecule has 13 heteroatoms. The Bertz CT molecular complexity index is 1650. The molecule has 3 atom stereocenters. The largest absolute Gasteiger partial charge is 0.399 e. The van der Waals surface area contributed by atoms with Crippen LogP contribution >= 0.6 is 18.9 Å². The number of carbonyl (C=O) groups excluding carboxylic acids is 3. The van der Waals surface area contributed by atoms with Gasteiger partial charge in [0.1, 0.15) is 12.1 Å². The molecule has 2 aliphatic rings. The van der Waals surface area contributed by atoms with E-state index in [1.165, 1.54) is 17.7 Å². The van der Waals surface area contributed by atoms with Crippen molar-refractivity contribution < 1.29 is 37.5 Å². The van der Waals surface area contributed by atoms with Crippen molar-refractivity contribution in [2.75, 3.05) is 19.6 Å². The first-order chi connectivity index (χ1) is 21.6. The maximum absolute atomic E-state index is 14.3. The van der Waals surface area contributed by atoms with Gasteiger partial charge in [0, 0.05) is 35.8 Å². The molecular weight excluding hydrogens is 635 g/mol. The number of rotatable bonds is 7. The normalized spacial score (nSPS) is 20.4. The van der Waals surface area contributed by atoms with Crippen LogP contribution in [-0.2, 0) is 19.8 Å². The molecule has 3 amide bonds. The van der Waals surface area contributed by atoms with Crippen molar-refractivity contribution in [3.05, 3.63) is 70.6 Å². The number of hydrogen-bond acceptors (Lipinski definition) is 5. The molecule has 3 N–H and O–H groups in total. The number of halogens is 2. The molecule has 2 aliphatic heterocycles. The number of nitrogens with zero attached hydrogens (tertiary/aromatic N) is 2. The minimum Gasteiger partial charge on any atom is -0.340 e. The second kappa shape index (κ2) is 13.1. The van der Waals surface area contributed by atoms with Gasteiger partial charge in [-0.15, -0.1) is 11.3 Å². The van der Waals surface area contributed by atoms with Gasteiger partial charge in [0.15, 0.2) is 0 Å². The maximum atomic E-state index is 14.3. The Labute approximate surface area is 271 Å². The molecule has 5 rings (SSSR count). The summed E-state index contributed by atoms with van der Waals surface area (Å²) in [6.07, 6.45) is 3.96. The quantitative estimate of drug-likeness (QED) is 0.262. The topological polar surface area (TPSA) is 127 Å². The van der Waals surface area contributed by atoms with Crippen LogP contribution in [0.5, 0.6) is 0 Å². The van der Waals surface area contributed by atoms with Crippen LogP contribution in [0.2, 0.25) is 0 Å². The van der Waals surface area contributed by atoms with Gasteiger partial charge in [-0.05, 0) is 66.7 Å². The van der Waals surface area contributed by atoms with Gasteiger partial charge >= 0.3 is 13.3 Å². The van der Waals surface area contributed by atoms with E-state index in [1.54, 1.807) is 4.90 Å². The van der Waals surface area contributed by atoms with Gasteiger partial charge in [0.05, 0.1) is 4.88 Å². The smallest absolute Gasteiger partial charge is 0.340 e. The van der Waals surface area contributed by atoms with Crippen LogP contribution in [0.3, 0.4) is 0 Å². The molecule has 3 heterocycles. The van der Waals surface area contributed by atoms with Gasteiger partial charge in [-0.2, -0.15) is 8.78 Å². The van der Waals surface area contributed by atoms with Crippen molar-refractivity contribution in [3.63, 3.8) is 0 Å². The number of benzene rings is 2. The Morgan fingerprint density at radius 1 is 0.978 bits per heavy atom. The molecule has 0 spiro atoms. The Morgan fingerprint density at radius 2 is 1.70 bits per heavy atom. The highest BCUT2D eigenvalue weighted by molar-refractivity contribution is 7.52. The Hall–Kier alpha value is -3.18. The molecular formula is C33H40F2N3O6PS. The predicted molar refractivity (Wildman–Crippen MR) is 173 cm³/mol. The lowest BCUT2D eigenvalue weighted by molar-refractivity contribution is -0.150. The average molecular weight is 676 g/mol. The second-order valence-electron chi connectivity index (χ2n) is 13.3. The van der Waals surface area contributed by atoms with Crippen molar-refractivity contribution in [1.29, 1.82) is 0 Å². The van der Waals surface area contributed by atoms with E-state index in [9.17, 15) is 27.7 Å². The zero-order valence-electron chi connectivity index (χ0n) is 26.1. The number of fused-ring (bicyclic) bond motifs is 1. The monoisotopic (exact) mass is 675 g/mol. The minimum atomic E-state index is -5.76. The van der Waals surface area contributed by atoms with Crippen LogP contribution in [0.4, 0.5) is 8.78 Å². The number of hydrogen-bond donors (Lipinski definition) is 3. The first-order valence-corrected chi connectivity index (χ1v) is 17.9. The molecule has 3 aromatic rings. The van der Waals surface area contributed by atoms with Crippen molar-refractivity contribution >= 4 is 46.7 Å². The summed E-state index contributed by atoms with van der Waals surface area (Å²) >= 11 is 1.02. The molecule has 2 fully saturated rings. The fraction of sp³-hybridized carbons (Fsp3) is 0.485. The highest BCUT2D eigenvalue weighted by Crippen LogP contribution is 2.59. The van der Waals surface area contributed by atoms with Crippen molar-refractivity contribution in [2.24, 2.45) is 5.41 Å². The lowest BCUT2D eigenvalue weighted by Gasteiger charge is -2.43. The molecule has 0 unspecified atom stereocenters. The third-order valence-electron chi connectivity index (χ3n) is 8.92. The molecule has 46 heavy (non-hydrogen) atoms. The molecule has 9 nitrogen and oxygen atoms in total. The number of carbonyl (C=O) groups is 3. The van der Waals surface area contributed by atoms with E-state index in [-0.39, 0.29) is 28.0 Å². The molecule has 1 aromatic heterocycles. The van der Waals surface area contributed by atoms with Gasteiger partial charge in [0.25, 0.3) is 5.91 Å². The molecule has 0 aliphatic carbocycles. The van der Waals surface area contributed by atoms with Gasteiger partial charge in [-0.25, -0.2) is 0 Å². The fourth-order valence-electron chi connectivity index (χ4n) is 6.36. The fourth-order valence-corrected chi connectivity index (χ4v) is 7.79. The number of thiophene rings is 1. The van der Waals surface area contributed by atoms with Crippen LogP contribution in [0.25, 0.3) is 10.1 Å². The molecule has 0 bridgehead atoms. The number of nitrogens with one attached hydrogen (secondary N) is 1. The van der Waals surface area contributed by atoms with Gasteiger partial charge in [-0.1, -0.05) is 57.2 Å². The van der Waals surface area contributed by atoms with Crippen LogP contribution in [0.15, 0.2) is 54.6 Å². The summed E-state index contributed by atoms with van der Waals surface area (Å²) in [5.74, 6) is -0.770. The van der Waals surface area contributed by atoms with E-state index in [4.69, 9.17) is 9.79 Å². The number of likely N-dealkylation sites (tertiary alicyclic amines) is 2. The van der Waals surface area contributed by atoms with Gasteiger partial charge in [0.2, 0.25) is 11.8 Å². The maximum Gasteiger partial charge on any atom is 0.399 e. The molecule has 248 valence electrons. The Morgan fingerprint density at radius 3 is 2.37 bits per heavy atom. The summed E-state index contributed by atoms with van der Waals surface area (Å²) < 4.78 is 40.5. The minimum absolute atomic E-state index is 0.0694.